The van der Waals surface area contributed by atoms with Crippen LogP contribution in [0.5, 0.6) is 0 Å². The van der Waals surface area contributed by atoms with E-state index in [0.717, 1.165) is 45.7 Å². The van der Waals surface area contributed by atoms with Crippen molar-refractivity contribution in [1.29, 1.82) is 0 Å². The molecule has 0 atom stereocenters. The molecule has 0 radical (unpaired) electrons. The Morgan fingerprint density at radius 2 is 1.27 bits per heavy atom. The van der Waals surface area contributed by atoms with Gasteiger partial charge in [0.2, 0.25) is 0 Å². The lowest BCUT2D eigenvalue weighted by molar-refractivity contribution is 0.563. The highest BCUT2D eigenvalue weighted by Gasteiger charge is 1.85. The summed E-state index contributed by atoms with van der Waals surface area (Å²) in [5.41, 5.74) is 10.6. The summed E-state index contributed by atoms with van der Waals surface area (Å²) in [5, 5.41) is 6.43. The van der Waals surface area contributed by atoms with Gasteiger partial charge in [-0.3, -0.25) is 0 Å². The smallest absolute Gasteiger partial charge is 0.0454 e. The van der Waals surface area contributed by atoms with E-state index in [4.69, 9.17) is 11.5 Å². The monoisotopic (exact) mass is 160 g/mol. The molecular formula is C7H20N4. The maximum absolute atomic E-state index is 5.31. The molecule has 0 unspecified atom stereocenters. The van der Waals surface area contributed by atoms with Crippen molar-refractivity contribution in [1.82, 2.24) is 10.6 Å². The van der Waals surface area contributed by atoms with Gasteiger partial charge in [-0.05, 0) is 39.0 Å². The Bertz CT molecular complexity index is 59.5. The molecule has 0 aromatic rings. The van der Waals surface area contributed by atoms with Gasteiger partial charge in [-0.1, -0.05) is 0 Å². The van der Waals surface area contributed by atoms with E-state index in [0.29, 0.717) is 0 Å². The topological polar surface area (TPSA) is 76.1 Å². The van der Waals surface area contributed by atoms with Crippen LogP contribution in [-0.4, -0.2) is 32.8 Å². The van der Waals surface area contributed by atoms with Crippen molar-refractivity contribution >= 4 is 0 Å². The van der Waals surface area contributed by atoms with Gasteiger partial charge in [-0.2, -0.15) is 0 Å². The SMILES string of the molecule is NCCCNCNCCCN. The fourth-order valence-corrected chi connectivity index (χ4v) is 0.719. The Morgan fingerprint density at radius 3 is 1.64 bits per heavy atom. The number of nitrogens with one attached hydrogen (secondary N) is 2. The second kappa shape index (κ2) is 9.84. The molecule has 0 saturated carbocycles. The highest BCUT2D eigenvalue weighted by atomic mass is 15.0. The predicted molar refractivity (Wildman–Crippen MR) is 48.2 cm³/mol. The van der Waals surface area contributed by atoms with E-state index < -0.39 is 0 Å². The van der Waals surface area contributed by atoms with E-state index >= 15 is 0 Å². The fourth-order valence-electron chi connectivity index (χ4n) is 0.719. The molecule has 0 aromatic carbocycles. The minimum atomic E-state index is 0.760. The maximum Gasteiger partial charge on any atom is 0.0454 e. The summed E-state index contributed by atoms with van der Waals surface area (Å²) in [6.45, 7) is 4.36. The van der Waals surface area contributed by atoms with Gasteiger partial charge in [0.25, 0.3) is 0 Å². The van der Waals surface area contributed by atoms with E-state index in [9.17, 15) is 0 Å². The molecule has 68 valence electrons. The lowest BCUT2D eigenvalue weighted by atomic mass is 10.4. The minimum absolute atomic E-state index is 0.760. The van der Waals surface area contributed by atoms with Crippen LogP contribution < -0.4 is 22.1 Å². The van der Waals surface area contributed by atoms with Crippen molar-refractivity contribution in [3.63, 3.8) is 0 Å². The molecule has 0 bridgehead atoms. The first-order valence-electron chi connectivity index (χ1n) is 4.23. The standard InChI is InChI=1S/C7H20N4/c8-3-1-5-10-7-11-6-2-4-9/h10-11H,1-9H2. The molecule has 6 N–H and O–H groups in total. The van der Waals surface area contributed by atoms with E-state index in [1.54, 1.807) is 0 Å². The summed E-state index contributed by atoms with van der Waals surface area (Å²) in [5.74, 6) is 0. The first-order chi connectivity index (χ1) is 5.41. The zero-order valence-electron chi connectivity index (χ0n) is 7.10. The van der Waals surface area contributed by atoms with Gasteiger partial charge in [-0.25, -0.2) is 0 Å². The van der Waals surface area contributed by atoms with E-state index in [1.807, 2.05) is 0 Å². The van der Waals surface area contributed by atoms with Crippen LogP contribution in [0.15, 0.2) is 0 Å². The van der Waals surface area contributed by atoms with Gasteiger partial charge in [0, 0.05) is 6.67 Å². The normalized spacial score (nSPS) is 10.4. The summed E-state index contributed by atoms with van der Waals surface area (Å²) in [4.78, 5) is 0. The number of hydrogen-bond donors (Lipinski definition) is 4. The second-order valence-corrected chi connectivity index (χ2v) is 2.46. The third-order valence-electron chi connectivity index (χ3n) is 1.37. The molecule has 0 rings (SSSR count). The zero-order chi connectivity index (χ0) is 8.36. The summed E-state index contributed by atoms with van der Waals surface area (Å²) in [6.07, 6.45) is 2.08. The van der Waals surface area contributed by atoms with Crippen LogP contribution in [0.1, 0.15) is 12.8 Å². The van der Waals surface area contributed by atoms with E-state index in [2.05, 4.69) is 10.6 Å². The van der Waals surface area contributed by atoms with Crippen molar-refractivity contribution in [2.45, 2.75) is 12.8 Å². The van der Waals surface area contributed by atoms with Crippen LogP contribution in [0.4, 0.5) is 0 Å². The van der Waals surface area contributed by atoms with Gasteiger partial charge >= 0.3 is 0 Å². The van der Waals surface area contributed by atoms with Gasteiger partial charge < -0.3 is 22.1 Å². The number of hydrogen-bond acceptors (Lipinski definition) is 4. The lowest BCUT2D eigenvalue weighted by Crippen LogP contribution is -2.31. The Labute approximate surface area is 68.7 Å². The number of rotatable bonds is 8. The fraction of sp³-hybridized carbons (Fsp3) is 1.00. The molecule has 0 amide bonds. The largest absolute Gasteiger partial charge is 0.330 e. The zero-order valence-corrected chi connectivity index (χ0v) is 7.10. The quantitative estimate of drug-likeness (QED) is 0.266. The third-order valence-corrected chi connectivity index (χ3v) is 1.37. The summed E-state index contributed by atoms with van der Waals surface area (Å²) >= 11 is 0. The van der Waals surface area contributed by atoms with Gasteiger partial charge in [0.05, 0.1) is 0 Å². The second-order valence-electron chi connectivity index (χ2n) is 2.46. The van der Waals surface area contributed by atoms with Crippen molar-refractivity contribution < 1.29 is 0 Å². The average molecular weight is 160 g/mol. The average Bonchev–Trinajstić information content (AvgIpc) is 2.03. The highest BCUT2D eigenvalue weighted by molar-refractivity contribution is 4.48. The van der Waals surface area contributed by atoms with Crippen LogP contribution in [0.3, 0.4) is 0 Å². The molecule has 11 heavy (non-hydrogen) atoms. The molecule has 0 aliphatic heterocycles. The first kappa shape index (κ1) is 10.8. The van der Waals surface area contributed by atoms with Crippen LogP contribution in [0, 0.1) is 0 Å². The molecule has 0 heterocycles. The molecule has 0 aromatic heterocycles. The van der Waals surface area contributed by atoms with Crippen molar-refractivity contribution in [3.8, 4) is 0 Å². The highest BCUT2D eigenvalue weighted by Crippen LogP contribution is 1.69. The molecule has 4 heteroatoms. The molecule has 0 aliphatic rings. The Morgan fingerprint density at radius 1 is 0.818 bits per heavy atom. The van der Waals surface area contributed by atoms with Gasteiger partial charge in [0.15, 0.2) is 0 Å². The van der Waals surface area contributed by atoms with E-state index in [1.165, 1.54) is 0 Å². The van der Waals surface area contributed by atoms with Crippen molar-refractivity contribution in [3.05, 3.63) is 0 Å². The maximum atomic E-state index is 5.31. The Hall–Kier alpha value is -0.160. The minimum Gasteiger partial charge on any atom is -0.330 e. The number of nitrogens with two attached hydrogens (primary N) is 2. The third kappa shape index (κ3) is 9.84. The van der Waals surface area contributed by atoms with Crippen LogP contribution in [0.25, 0.3) is 0 Å². The van der Waals surface area contributed by atoms with Crippen molar-refractivity contribution in [2.24, 2.45) is 11.5 Å². The molecule has 0 saturated heterocycles. The summed E-state index contributed by atoms with van der Waals surface area (Å²) in [7, 11) is 0. The lowest BCUT2D eigenvalue weighted by Gasteiger charge is -2.04. The molecule has 0 fully saturated rings. The Kier molecular flexibility index (Phi) is 9.70. The predicted octanol–water partition coefficient (Wildman–Crippen LogP) is -1.18. The molecular weight excluding hydrogens is 140 g/mol. The Balaban J connectivity index is 2.69. The summed E-state index contributed by atoms with van der Waals surface area (Å²) < 4.78 is 0. The van der Waals surface area contributed by atoms with Gasteiger partial charge in [-0.15, -0.1) is 0 Å². The summed E-state index contributed by atoms with van der Waals surface area (Å²) in [6, 6.07) is 0. The molecule has 0 aliphatic carbocycles. The molecule has 0 spiro atoms. The van der Waals surface area contributed by atoms with Crippen molar-refractivity contribution in [2.75, 3.05) is 32.8 Å². The van der Waals surface area contributed by atoms with E-state index in [-0.39, 0.29) is 0 Å². The van der Waals surface area contributed by atoms with Crippen LogP contribution >= 0.6 is 0 Å². The van der Waals surface area contributed by atoms with Crippen LogP contribution in [-0.2, 0) is 0 Å². The van der Waals surface area contributed by atoms with Crippen LogP contribution in [0.2, 0.25) is 0 Å². The first-order valence-corrected chi connectivity index (χ1v) is 4.23. The molecule has 4 nitrogen and oxygen atoms in total. The van der Waals surface area contributed by atoms with Gasteiger partial charge in [0.1, 0.15) is 0 Å².